The summed E-state index contributed by atoms with van der Waals surface area (Å²) in [6.45, 7) is 0.421. The van der Waals surface area contributed by atoms with Gasteiger partial charge in [-0.15, -0.1) is 0 Å². The van der Waals surface area contributed by atoms with Crippen molar-refractivity contribution in [2.24, 2.45) is 5.92 Å². The topological polar surface area (TPSA) is 84.0 Å². The van der Waals surface area contributed by atoms with Gasteiger partial charge in [0.15, 0.2) is 5.82 Å². The second-order valence-corrected chi connectivity index (χ2v) is 7.59. The van der Waals surface area contributed by atoms with Crippen LogP contribution in [0.2, 0.25) is 10.2 Å². The van der Waals surface area contributed by atoms with E-state index in [0.717, 1.165) is 12.8 Å². The number of nitrogens with zero attached hydrogens (tertiary/aromatic N) is 2. The van der Waals surface area contributed by atoms with Crippen LogP contribution in [-0.4, -0.2) is 24.9 Å². The summed E-state index contributed by atoms with van der Waals surface area (Å²) in [5.74, 6) is 0.548. The molecule has 1 heterocycles. The van der Waals surface area contributed by atoms with E-state index in [-0.39, 0.29) is 11.0 Å². The van der Waals surface area contributed by atoms with Gasteiger partial charge in [0.2, 0.25) is 0 Å². The molecule has 1 saturated carbocycles. The highest BCUT2D eigenvalue weighted by molar-refractivity contribution is 7.90. The minimum Gasteiger partial charge on any atom is -0.254 e. The maximum absolute atomic E-state index is 12.1. The fraction of sp³-hybridized carbons (Fsp3) is 0.286. The molecule has 0 spiro atoms. The minimum atomic E-state index is -3.72. The van der Waals surface area contributed by atoms with Crippen LogP contribution in [0.3, 0.4) is 0 Å². The number of halogens is 2. The number of benzene rings is 1. The van der Waals surface area contributed by atoms with Gasteiger partial charge in [-0.3, -0.25) is 4.72 Å². The average molecular weight is 373 g/mol. The summed E-state index contributed by atoms with van der Waals surface area (Å²) in [6, 6.07) is 6.82. The summed E-state index contributed by atoms with van der Waals surface area (Å²) in [5.41, 5.74) is 1.07. The molecule has 2 N–H and O–H groups in total. The zero-order chi connectivity index (χ0) is 16.4. The first kappa shape index (κ1) is 16.4. The predicted octanol–water partition coefficient (Wildman–Crippen LogP) is 3.11. The van der Waals surface area contributed by atoms with Gasteiger partial charge in [-0.1, -0.05) is 35.3 Å². The minimum absolute atomic E-state index is 0.121. The van der Waals surface area contributed by atoms with E-state index >= 15 is 0 Å². The van der Waals surface area contributed by atoms with E-state index in [1.54, 1.807) is 24.3 Å². The largest absolute Gasteiger partial charge is 0.300 e. The molecule has 1 aromatic carbocycles. The predicted molar refractivity (Wildman–Crippen MR) is 90.8 cm³/mol. The molecular weight excluding hydrogens is 359 g/mol. The Labute approximate surface area is 144 Å². The van der Waals surface area contributed by atoms with Crippen LogP contribution in [0.15, 0.2) is 30.6 Å². The highest BCUT2D eigenvalue weighted by Crippen LogP contribution is 2.33. The zero-order valence-electron chi connectivity index (χ0n) is 12.0. The fourth-order valence-corrected chi connectivity index (χ4v) is 3.33. The molecule has 0 atom stereocenters. The molecule has 0 aliphatic heterocycles. The molecule has 0 unspecified atom stereocenters. The van der Waals surface area contributed by atoms with Crippen LogP contribution in [0.1, 0.15) is 12.8 Å². The van der Waals surface area contributed by atoms with E-state index in [2.05, 4.69) is 19.4 Å². The van der Waals surface area contributed by atoms with E-state index in [9.17, 15) is 8.42 Å². The van der Waals surface area contributed by atoms with Crippen LogP contribution in [0.25, 0.3) is 11.1 Å². The summed E-state index contributed by atoms with van der Waals surface area (Å²) in [4.78, 5) is 7.93. The van der Waals surface area contributed by atoms with Gasteiger partial charge in [0.1, 0.15) is 11.5 Å². The van der Waals surface area contributed by atoms with E-state index < -0.39 is 10.2 Å². The van der Waals surface area contributed by atoms with E-state index in [1.165, 1.54) is 6.33 Å². The highest BCUT2D eigenvalue weighted by atomic mass is 35.5. The molecule has 0 amide bonds. The summed E-state index contributed by atoms with van der Waals surface area (Å²) in [5, 5.41) is 0.720. The van der Waals surface area contributed by atoms with Crippen molar-refractivity contribution in [1.29, 1.82) is 0 Å². The molecule has 0 saturated heterocycles. The fourth-order valence-electron chi connectivity index (χ4n) is 2.03. The van der Waals surface area contributed by atoms with Crippen LogP contribution >= 0.6 is 23.2 Å². The van der Waals surface area contributed by atoms with Crippen molar-refractivity contribution >= 4 is 39.2 Å². The van der Waals surface area contributed by atoms with Crippen molar-refractivity contribution in [3.8, 4) is 11.1 Å². The Hall–Kier alpha value is -1.41. The Morgan fingerprint density at radius 1 is 1.13 bits per heavy atom. The van der Waals surface area contributed by atoms with Crippen molar-refractivity contribution in [2.75, 3.05) is 11.3 Å². The SMILES string of the molecule is O=S(=O)(NCC1CC1)Nc1ncnc(Cl)c1-c1ccc(Cl)cc1. The number of aromatic nitrogens is 2. The molecule has 0 bridgehead atoms. The van der Waals surface area contributed by atoms with Gasteiger partial charge in [-0.2, -0.15) is 13.1 Å². The zero-order valence-corrected chi connectivity index (χ0v) is 14.3. The van der Waals surface area contributed by atoms with E-state index in [4.69, 9.17) is 23.2 Å². The normalized spacial score (nSPS) is 14.7. The Morgan fingerprint density at radius 2 is 1.83 bits per heavy atom. The second kappa shape index (κ2) is 6.60. The number of nitrogens with one attached hydrogen (secondary N) is 2. The van der Waals surface area contributed by atoms with Crippen LogP contribution < -0.4 is 9.44 Å². The second-order valence-electron chi connectivity index (χ2n) is 5.29. The molecule has 1 aliphatic rings. The molecule has 0 radical (unpaired) electrons. The van der Waals surface area contributed by atoms with Gasteiger partial charge in [-0.05, 0) is 36.5 Å². The molecule has 3 rings (SSSR count). The Morgan fingerprint density at radius 3 is 2.48 bits per heavy atom. The van der Waals surface area contributed by atoms with Crippen LogP contribution in [0.4, 0.5) is 5.82 Å². The third-order valence-electron chi connectivity index (χ3n) is 3.42. The molecule has 1 aromatic heterocycles. The van der Waals surface area contributed by atoms with Gasteiger partial charge >= 0.3 is 0 Å². The van der Waals surface area contributed by atoms with Crippen LogP contribution in [-0.2, 0) is 10.2 Å². The maximum atomic E-state index is 12.1. The van der Waals surface area contributed by atoms with Crippen molar-refractivity contribution in [1.82, 2.24) is 14.7 Å². The number of rotatable bonds is 6. The van der Waals surface area contributed by atoms with Crippen LogP contribution in [0.5, 0.6) is 0 Å². The first-order valence-corrected chi connectivity index (χ1v) is 9.22. The van der Waals surface area contributed by atoms with E-state index in [0.29, 0.717) is 28.6 Å². The quantitative estimate of drug-likeness (QED) is 0.762. The van der Waals surface area contributed by atoms with Crippen molar-refractivity contribution < 1.29 is 8.42 Å². The summed E-state index contributed by atoms with van der Waals surface area (Å²) in [7, 11) is -3.72. The van der Waals surface area contributed by atoms with Gasteiger partial charge in [-0.25, -0.2) is 9.97 Å². The summed E-state index contributed by atoms with van der Waals surface area (Å²) in [6.07, 6.45) is 3.32. The molecule has 1 fully saturated rings. The van der Waals surface area contributed by atoms with Crippen LogP contribution in [0, 0.1) is 5.92 Å². The first-order chi connectivity index (χ1) is 10.9. The highest BCUT2D eigenvalue weighted by Gasteiger charge is 2.24. The van der Waals surface area contributed by atoms with Gasteiger partial charge in [0, 0.05) is 11.6 Å². The molecule has 23 heavy (non-hydrogen) atoms. The molecule has 9 heteroatoms. The standard InChI is InChI=1S/C14H14Cl2N4O2S/c15-11-5-3-10(4-6-11)12-13(16)17-8-18-14(12)20-23(21,22)19-7-9-1-2-9/h3-6,8-9,19H,1-2,7H2,(H,17,18,20). The molecule has 2 aromatic rings. The van der Waals surface area contributed by atoms with E-state index in [1.807, 2.05) is 0 Å². The van der Waals surface area contributed by atoms with Crippen molar-refractivity contribution in [2.45, 2.75) is 12.8 Å². The monoisotopic (exact) mass is 372 g/mol. The Bertz CT molecular complexity index is 808. The Kier molecular flexibility index (Phi) is 4.72. The lowest BCUT2D eigenvalue weighted by atomic mass is 10.1. The van der Waals surface area contributed by atoms with Crippen molar-refractivity contribution in [3.63, 3.8) is 0 Å². The Balaban J connectivity index is 1.89. The summed E-state index contributed by atoms with van der Waals surface area (Å²) < 4.78 is 29.2. The third-order valence-corrected chi connectivity index (χ3v) is 4.97. The maximum Gasteiger partial charge on any atom is 0.300 e. The first-order valence-electron chi connectivity index (χ1n) is 6.98. The van der Waals surface area contributed by atoms with Gasteiger partial charge in [0.05, 0.1) is 5.56 Å². The summed E-state index contributed by atoms with van der Waals surface area (Å²) >= 11 is 12.0. The van der Waals surface area contributed by atoms with Gasteiger partial charge in [0.25, 0.3) is 10.2 Å². The molecule has 1 aliphatic carbocycles. The lowest BCUT2D eigenvalue weighted by Crippen LogP contribution is -2.32. The number of hydrogen-bond donors (Lipinski definition) is 2. The lowest BCUT2D eigenvalue weighted by Gasteiger charge is -2.13. The smallest absolute Gasteiger partial charge is 0.254 e. The molecule has 6 nitrogen and oxygen atoms in total. The number of anilines is 1. The lowest BCUT2D eigenvalue weighted by molar-refractivity contribution is 0.583. The average Bonchev–Trinajstić information content (AvgIpc) is 3.31. The number of hydrogen-bond acceptors (Lipinski definition) is 4. The van der Waals surface area contributed by atoms with Gasteiger partial charge < -0.3 is 0 Å². The molecule has 122 valence electrons. The molecular formula is C14H14Cl2N4O2S. The van der Waals surface area contributed by atoms with Crippen molar-refractivity contribution in [3.05, 3.63) is 40.8 Å². The third kappa shape index (κ3) is 4.32.